The second-order valence-corrected chi connectivity index (χ2v) is 7.09. The summed E-state index contributed by atoms with van der Waals surface area (Å²) in [6.45, 7) is 9.20. The third-order valence-corrected chi connectivity index (χ3v) is 5.10. The van der Waals surface area contributed by atoms with Crippen LogP contribution in [0.5, 0.6) is 0 Å². The number of nitrogens with zero attached hydrogens (tertiary/aromatic N) is 2. The highest BCUT2D eigenvalue weighted by molar-refractivity contribution is 5.94. The first-order valence-corrected chi connectivity index (χ1v) is 8.31. The van der Waals surface area contributed by atoms with E-state index in [-0.39, 0.29) is 11.2 Å². The van der Waals surface area contributed by atoms with Crippen LogP contribution in [-0.2, 0) is 14.9 Å². The molecular formula is C19H26N2O2. The van der Waals surface area contributed by atoms with Crippen LogP contribution in [0.1, 0.15) is 26.3 Å². The summed E-state index contributed by atoms with van der Waals surface area (Å²) in [4.78, 5) is 17.0. The molecule has 1 fully saturated rings. The second kappa shape index (κ2) is 6.10. The van der Waals surface area contributed by atoms with Crippen molar-refractivity contribution in [2.75, 3.05) is 38.3 Å². The molecule has 0 bridgehead atoms. The van der Waals surface area contributed by atoms with E-state index in [1.54, 1.807) is 0 Å². The third kappa shape index (κ3) is 2.93. The first kappa shape index (κ1) is 16.2. The van der Waals surface area contributed by atoms with Gasteiger partial charge < -0.3 is 9.64 Å². The Morgan fingerprint density at radius 2 is 2.13 bits per heavy atom. The largest absolute Gasteiger partial charge is 0.379 e. The number of para-hydroxylation sites is 1. The van der Waals surface area contributed by atoms with Crippen molar-refractivity contribution < 1.29 is 9.53 Å². The monoisotopic (exact) mass is 314 g/mol. The average molecular weight is 314 g/mol. The summed E-state index contributed by atoms with van der Waals surface area (Å²) in [6, 6.07) is 8.69. The number of rotatable bonds is 3. The maximum atomic E-state index is 12.6. The first-order chi connectivity index (χ1) is 10.9. The zero-order valence-corrected chi connectivity index (χ0v) is 14.5. The standard InChI is InChI=1S/C19H26N2O2/c1-14-13-23-10-9-21(14)12-15(22)11-18-19(2,3)16-7-5-6-8-17(16)20(18)4/h5-8,11,14H,9-10,12-13H2,1-4H3/b18-11+. The molecule has 1 saturated heterocycles. The van der Waals surface area contributed by atoms with Gasteiger partial charge in [-0.25, -0.2) is 0 Å². The van der Waals surface area contributed by atoms with Crippen molar-refractivity contribution in [1.29, 1.82) is 0 Å². The molecule has 23 heavy (non-hydrogen) atoms. The van der Waals surface area contributed by atoms with Gasteiger partial charge in [-0.05, 0) is 18.6 Å². The molecule has 4 heteroatoms. The SMILES string of the molecule is CC1COCCN1CC(=O)/C=C1/N(C)c2ccccc2C1(C)C. The quantitative estimate of drug-likeness (QED) is 0.803. The Labute approximate surface area is 138 Å². The minimum atomic E-state index is -0.141. The summed E-state index contributed by atoms with van der Waals surface area (Å²) in [5.74, 6) is 0.168. The van der Waals surface area contributed by atoms with E-state index >= 15 is 0 Å². The summed E-state index contributed by atoms with van der Waals surface area (Å²) in [5, 5.41) is 0. The number of carbonyl (C=O) groups excluding carboxylic acids is 1. The van der Waals surface area contributed by atoms with E-state index in [0.29, 0.717) is 25.8 Å². The number of benzene rings is 1. The summed E-state index contributed by atoms with van der Waals surface area (Å²) < 4.78 is 5.44. The van der Waals surface area contributed by atoms with Gasteiger partial charge in [0, 0.05) is 42.5 Å². The fourth-order valence-electron chi connectivity index (χ4n) is 3.65. The zero-order chi connectivity index (χ0) is 16.6. The van der Waals surface area contributed by atoms with Crippen LogP contribution >= 0.6 is 0 Å². The fraction of sp³-hybridized carbons (Fsp3) is 0.526. The van der Waals surface area contributed by atoms with E-state index in [9.17, 15) is 4.79 Å². The van der Waals surface area contributed by atoms with Crippen molar-refractivity contribution in [3.05, 3.63) is 41.6 Å². The molecule has 0 N–H and O–H groups in total. The molecule has 1 aromatic carbocycles. The highest BCUT2D eigenvalue weighted by Gasteiger charge is 2.38. The Morgan fingerprint density at radius 1 is 1.39 bits per heavy atom. The van der Waals surface area contributed by atoms with Crippen LogP contribution in [0.4, 0.5) is 5.69 Å². The van der Waals surface area contributed by atoms with Crippen molar-refractivity contribution in [2.24, 2.45) is 0 Å². The van der Waals surface area contributed by atoms with E-state index in [1.807, 2.05) is 19.2 Å². The van der Waals surface area contributed by atoms with Crippen LogP contribution in [0.25, 0.3) is 0 Å². The number of likely N-dealkylation sites (N-methyl/N-ethyl adjacent to an activating group) is 1. The molecule has 1 atom stereocenters. The molecule has 2 aliphatic rings. The van der Waals surface area contributed by atoms with Gasteiger partial charge in [0.05, 0.1) is 19.8 Å². The Hall–Kier alpha value is -1.65. The highest BCUT2D eigenvalue weighted by Crippen LogP contribution is 2.46. The fourth-order valence-corrected chi connectivity index (χ4v) is 3.65. The molecule has 0 radical (unpaired) electrons. The zero-order valence-electron chi connectivity index (χ0n) is 14.5. The van der Waals surface area contributed by atoms with Gasteiger partial charge in [-0.15, -0.1) is 0 Å². The van der Waals surface area contributed by atoms with Gasteiger partial charge in [-0.1, -0.05) is 32.0 Å². The van der Waals surface area contributed by atoms with Crippen molar-refractivity contribution >= 4 is 11.5 Å². The van der Waals surface area contributed by atoms with E-state index in [0.717, 1.165) is 12.2 Å². The lowest BCUT2D eigenvalue weighted by atomic mass is 9.83. The minimum absolute atomic E-state index is 0.141. The molecule has 0 spiro atoms. The lowest BCUT2D eigenvalue weighted by Gasteiger charge is -2.32. The van der Waals surface area contributed by atoms with E-state index in [2.05, 4.69) is 48.8 Å². The van der Waals surface area contributed by atoms with E-state index in [1.165, 1.54) is 11.3 Å². The number of hydrogen-bond acceptors (Lipinski definition) is 4. The summed E-state index contributed by atoms with van der Waals surface area (Å²) in [6.07, 6.45) is 1.84. The van der Waals surface area contributed by atoms with Crippen LogP contribution in [-0.4, -0.2) is 50.1 Å². The molecule has 1 aromatic rings. The van der Waals surface area contributed by atoms with Crippen LogP contribution in [0.15, 0.2) is 36.0 Å². The number of carbonyl (C=O) groups is 1. The molecule has 3 rings (SSSR count). The molecule has 4 nitrogen and oxygen atoms in total. The predicted octanol–water partition coefficient (Wildman–Crippen LogP) is 2.59. The maximum absolute atomic E-state index is 12.6. The van der Waals surface area contributed by atoms with Crippen LogP contribution in [0.3, 0.4) is 0 Å². The average Bonchev–Trinajstić information content (AvgIpc) is 2.71. The minimum Gasteiger partial charge on any atom is -0.379 e. The Bertz CT molecular complexity index is 636. The van der Waals surface area contributed by atoms with E-state index < -0.39 is 0 Å². The van der Waals surface area contributed by atoms with Gasteiger partial charge in [0.25, 0.3) is 0 Å². The molecule has 2 heterocycles. The van der Waals surface area contributed by atoms with Crippen molar-refractivity contribution in [2.45, 2.75) is 32.2 Å². The normalized spacial score (nSPS) is 25.7. The number of morpholine rings is 1. The van der Waals surface area contributed by atoms with Gasteiger partial charge in [-0.3, -0.25) is 9.69 Å². The van der Waals surface area contributed by atoms with Crippen LogP contribution in [0.2, 0.25) is 0 Å². The molecule has 2 aliphatic heterocycles. The molecule has 0 aliphatic carbocycles. The lowest BCUT2D eigenvalue weighted by molar-refractivity contribution is -0.117. The predicted molar refractivity (Wildman–Crippen MR) is 92.8 cm³/mol. The number of ketones is 1. The van der Waals surface area contributed by atoms with Crippen molar-refractivity contribution in [1.82, 2.24) is 4.90 Å². The Kier molecular flexibility index (Phi) is 4.30. The smallest absolute Gasteiger partial charge is 0.171 e. The summed E-state index contributed by atoms with van der Waals surface area (Å²) >= 11 is 0. The van der Waals surface area contributed by atoms with Gasteiger partial charge in [0.15, 0.2) is 5.78 Å². The molecule has 0 saturated carbocycles. The Balaban J connectivity index is 1.81. The van der Waals surface area contributed by atoms with Crippen molar-refractivity contribution in [3.8, 4) is 0 Å². The number of anilines is 1. The van der Waals surface area contributed by atoms with Gasteiger partial charge >= 0.3 is 0 Å². The van der Waals surface area contributed by atoms with Crippen LogP contribution in [0, 0.1) is 0 Å². The van der Waals surface area contributed by atoms with Crippen molar-refractivity contribution in [3.63, 3.8) is 0 Å². The number of fused-ring (bicyclic) bond motifs is 1. The Morgan fingerprint density at radius 3 is 2.83 bits per heavy atom. The summed E-state index contributed by atoms with van der Waals surface area (Å²) in [5.41, 5.74) is 3.40. The second-order valence-electron chi connectivity index (χ2n) is 7.09. The molecular weight excluding hydrogens is 288 g/mol. The number of allylic oxidation sites excluding steroid dienone is 1. The molecule has 124 valence electrons. The molecule has 1 unspecified atom stereocenters. The number of ether oxygens (including phenoxy) is 1. The lowest BCUT2D eigenvalue weighted by Crippen LogP contribution is -2.45. The van der Waals surface area contributed by atoms with Gasteiger partial charge in [0.1, 0.15) is 0 Å². The number of hydrogen-bond donors (Lipinski definition) is 0. The van der Waals surface area contributed by atoms with Gasteiger partial charge in [-0.2, -0.15) is 0 Å². The first-order valence-electron chi connectivity index (χ1n) is 8.31. The summed E-state index contributed by atoms with van der Waals surface area (Å²) in [7, 11) is 2.05. The maximum Gasteiger partial charge on any atom is 0.171 e. The van der Waals surface area contributed by atoms with E-state index in [4.69, 9.17) is 4.74 Å². The highest BCUT2D eigenvalue weighted by atomic mass is 16.5. The molecule has 0 aromatic heterocycles. The van der Waals surface area contributed by atoms with Crippen LogP contribution < -0.4 is 4.90 Å². The molecule has 0 amide bonds. The van der Waals surface area contributed by atoms with Gasteiger partial charge in [0.2, 0.25) is 0 Å². The third-order valence-electron chi connectivity index (χ3n) is 5.10. The topological polar surface area (TPSA) is 32.8 Å².